The van der Waals surface area contributed by atoms with Gasteiger partial charge in [-0.3, -0.25) is 0 Å². The Labute approximate surface area is 91.4 Å². The van der Waals surface area contributed by atoms with Crippen molar-refractivity contribution in [2.24, 2.45) is 4.99 Å². The maximum absolute atomic E-state index is 12.7. The summed E-state index contributed by atoms with van der Waals surface area (Å²) in [6.07, 6.45) is -2.20. The van der Waals surface area contributed by atoms with Crippen LogP contribution in [0.4, 0.5) is 13.2 Å². The molecule has 0 spiro atoms. The third kappa shape index (κ3) is 2.65. The van der Waals surface area contributed by atoms with Crippen molar-refractivity contribution >= 4 is 17.9 Å². The van der Waals surface area contributed by atoms with Crippen LogP contribution >= 0.6 is 11.6 Å². The third-order valence-corrected chi connectivity index (χ3v) is 2.32. The summed E-state index contributed by atoms with van der Waals surface area (Å²) >= 11 is 5.55. The maximum Gasteiger partial charge on any atom is 0.413 e. The Hall–Kier alpha value is -0.710. The molecule has 0 aliphatic carbocycles. The molecule has 1 unspecified atom stereocenters. The van der Waals surface area contributed by atoms with Crippen molar-refractivity contribution in [1.82, 2.24) is 4.90 Å². The van der Waals surface area contributed by atoms with Crippen LogP contribution in [0, 0.1) is 0 Å². The molecule has 0 bridgehead atoms. The molecule has 0 N–H and O–H groups in total. The molecule has 1 aliphatic rings. The number of nitrogens with zero attached hydrogens (tertiary/aromatic N) is 2. The Kier molecular flexibility index (Phi) is 3.05. The first-order valence-corrected chi connectivity index (χ1v) is 4.76. The SMILES string of the molecule is CC(C)(C)N1C=NC=C(Cl)C1C(F)(F)F. The van der Waals surface area contributed by atoms with E-state index in [1.54, 1.807) is 20.8 Å². The first-order valence-electron chi connectivity index (χ1n) is 4.38. The number of hydrogen-bond donors (Lipinski definition) is 0. The Morgan fingerprint density at radius 1 is 1.33 bits per heavy atom. The summed E-state index contributed by atoms with van der Waals surface area (Å²) in [7, 11) is 0. The fraction of sp³-hybridized carbons (Fsp3) is 0.667. The van der Waals surface area contributed by atoms with E-state index >= 15 is 0 Å². The van der Waals surface area contributed by atoms with Gasteiger partial charge in [0.25, 0.3) is 0 Å². The van der Waals surface area contributed by atoms with E-state index in [1.165, 1.54) is 6.34 Å². The number of alkyl halides is 3. The van der Waals surface area contributed by atoms with Crippen molar-refractivity contribution in [3.63, 3.8) is 0 Å². The number of rotatable bonds is 0. The average molecular weight is 241 g/mol. The second kappa shape index (κ2) is 3.70. The highest BCUT2D eigenvalue weighted by atomic mass is 35.5. The zero-order valence-corrected chi connectivity index (χ0v) is 9.39. The lowest BCUT2D eigenvalue weighted by molar-refractivity contribution is -0.169. The van der Waals surface area contributed by atoms with Crippen molar-refractivity contribution in [2.75, 3.05) is 0 Å². The molecule has 1 aliphatic heterocycles. The molecule has 1 atom stereocenters. The minimum absolute atomic E-state index is 0.306. The van der Waals surface area contributed by atoms with Gasteiger partial charge in [0, 0.05) is 11.7 Å². The first-order chi connectivity index (χ1) is 6.64. The van der Waals surface area contributed by atoms with Crippen molar-refractivity contribution in [3.8, 4) is 0 Å². The Bertz CT molecular complexity index is 301. The van der Waals surface area contributed by atoms with E-state index in [0.717, 1.165) is 11.1 Å². The predicted octanol–water partition coefficient (Wildman–Crippen LogP) is 3.14. The quantitative estimate of drug-likeness (QED) is 0.635. The van der Waals surface area contributed by atoms with Crippen molar-refractivity contribution in [2.45, 2.75) is 38.5 Å². The Balaban J connectivity index is 3.08. The highest BCUT2D eigenvalue weighted by Gasteiger charge is 2.48. The van der Waals surface area contributed by atoms with Crippen LogP contribution in [-0.4, -0.2) is 29.0 Å². The van der Waals surface area contributed by atoms with Crippen LogP contribution in [0.25, 0.3) is 0 Å². The minimum Gasteiger partial charge on any atom is -0.341 e. The maximum atomic E-state index is 12.7. The number of hydrogen-bond acceptors (Lipinski definition) is 2. The monoisotopic (exact) mass is 240 g/mol. The van der Waals surface area contributed by atoms with Gasteiger partial charge in [0.1, 0.15) is 0 Å². The summed E-state index contributed by atoms with van der Waals surface area (Å²) in [4.78, 5) is 4.78. The highest BCUT2D eigenvalue weighted by molar-refractivity contribution is 6.30. The van der Waals surface area contributed by atoms with Crippen LogP contribution < -0.4 is 0 Å². The summed E-state index contributed by atoms with van der Waals surface area (Å²) < 4.78 is 38.2. The van der Waals surface area contributed by atoms with Crippen LogP contribution in [-0.2, 0) is 0 Å². The second-order valence-electron chi connectivity index (χ2n) is 4.30. The van der Waals surface area contributed by atoms with Gasteiger partial charge in [-0.25, -0.2) is 4.99 Å². The second-order valence-corrected chi connectivity index (χ2v) is 4.74. The lowest BCUT2D eigenvalue weighted by Crippen LogP contribution is -2.54. The van der Waals surface area contributed by atoms with Gasteiger partial charge in [-0.1, -0.05) is 11.6 Å². The van der Waals surface area contributed by atoms with E-state index in [9.17, 15) is 13.2 Å². The summed E-state index contributed by atoms with van der Waals surface area (Å²) in [6.45, 7) is 5.02. The fourth-order valence-corrected chi connectivity index (χ4v) is 1.61. The van der Waals surface area contributed by atoms with E-state index in [0.29, 0.717) is 0 Å². The molecule has 1 rings (SSSR count). The average Bonchev–Trinajstić information content (AvgIpc) is 1.99. The smallest absolute Gasteiger partial charge is 0.341 e. The molecule has 15 heavy (non-hydrogen) atoms. The Morgan fingerprint density at radius 2 is 1.87 bits per heavy atom. The molecule has 0 saturated heterocycles. The fourth-order valence-electron chi connectivity index (χ4n) is 1.32. The molecule has 86 valence electrons. The summed E-state index contributed by atoms with van der Waals surface area (Å²) in [5.74, 6) is 0. The van der Waals surface area contributed by atoms with E-state index in [-0.39, 0.29) is 5.03 Å². The standard InChI is InChI=1S/C9H12ClF3N2/c1-8(2,3)15-5-14-4-6(10)7(15)9(11,12)13/h4-5,7H,1-3H3. The third-order valence-electron chi connectivity index (χ3n) is 2.01. The van der Waals surface area contributed by atoms with Crippen LogP contribution in [0.3, 0.4) is 0 Å². The van der Waals surface area contributed by atoms with Gasteiger partial charge >= 0.3 is 6.18 Å². The van der Waals surface area contributed by atoms with Crippen molar-refractivity contribution in [1.29, 1.82) is 0 Å². The Morgan fingerprint density at radius 3 is 2.20 bits per heavy atom. The van der Waals surface area contributed by atoms with Crippen LogP contribution in [0.1, 0.15) is 20.8 Å². The van der Waals surface area contributed by atoms with E-state index in [4.69, 9.17) is 11.6 Å². The number of aliphatic imine (C=N–C) groups is 1. The molecule has 0 saturated carbocycles. The molecule has 0 amide bonds. The van der Waals surface area contributed by atoms with Crippen LogP contribution in [0.15, 0.2) is 16.2 Å². The van der Waals surface area contributed by atoms with Crippen LogP contribution in [0.2, 0.25) is 0 Å². The van der Waals surface area contributed by atoms with Gasteiger partial charge in [-0.2, -0.15) is 13.2 Å². The molecule has 0 aromatic heterocycles. The molecule has 2 nitrogen and oxygen atoms in total. The van der Waals surface area contributed by atoms with Gasteiger partial charge < -0.3 is 4.90 Å². The van der Waals surface area contributed by atoms with Crippen LogP contribution in [0.5, 0.6) is 0 Å². The molecule has 0 aromatic carbocycles. The lowest BCUT2D eigenvalue weighted by atomic mass is 10.0. The zero-order chi connectivity index (χ0) is 11.9. The first kappa shape index (κ1) is 12.4. The largest absolute Gasteiger partial charge is 0.413 e. The lowest BCUT2D eigenvalue weighted by Gasteiger charge is -2.41. The van der Waals surface area contributed by atoms with Crippen molar-refractivity contribution < 1.29 is 13.2 Å². The minimum atomic E-state index is -4.40. The highest BCUT2D eigenvalue weighted by Crippen LogP contribution is 2.36. The molecule has 0 fully saturated rings. The molecular weight excluding hydrogens is 229 g/mol. The summed E-state index contributed by atoms with van der Waals surface area (Å²) in [6, 6.07) is -1.79. The van der Waals surface area contributed by atoms with E-state index < -0.39 is 17.8 Å². The molecule has 6 heteroatoms. The predicted molar refractivity (Wildman–Crippen MR) is 53.9 cm³/mol. The van der Waals surface area contributed by atoms with E-state index in [2.05, 4.69) is 4.99 Å². The topological polar surface area (TPSA) is 15.6 Å². The number of halogens is 4. The normalized spacial score (nSPS) is 23.0. The van der Waals surface area contributed by atoms with Crippen molar-refractivity contribution in [3.05, 3.63) is 11.2 Å². The summed E-state index contributed by atoms with van der Waals surface area (Å²) in [5, 5.41) is -0.306. The van der Waals surface area contributed by atoms with Gasteiger partial charge in [0.15, 0.2) is 6.04 Å². The zero-order valence-electron chi connectivity index (χ0n) is 8.64. The van der Waals surface area contributed by atoms with Gasteiger partial charge in [-0.15, -0.1) is 0 Å². The molecular formula is C9H12ClF3N2. The van der Waals surface area contributed by atoms with Gasteiger partial charge in [-0.05, 0) is 20.8 Å². The van der Waals surface area contributed by atoms with Gasteiger partial charge in [0.2, 0.25) is 0 Å². The van der Waals surface area contributed by atoms with E-state index in [1.807, 2.05) is 0 Å². The summed E-state index contributed by atoms with van der Waals surface area (Å²) in [5.41, 5.74) is -0.682. The molecule has 0 aromatic rings. The molecule has 0 radical (unpaired) electrons. The molecule has 1 heterocycles. The van der Waals surface area contributed by atoms with Gasteiger partial charge in [0.05, 0.1) is 11.4 Å².